The number of benzene rings is 2. The number of para-hydroxylation sites is 1. The molecule has 0 aliphatic rings. The van der Waals surface area contributed by atoms with E-state index in [1.54, 1.807) is 23.5 Å². The topological polar surface area (TPSA) is 65.8 Å². The standard InChI is InChI=1S/C20H19N3OS/c21-14-16-9-7-15(8-10-16)11-12-19(24)22-13-3-6-20-23-17-4-1-2-5-18(17)25-20/h1-2,4-5,7-10H,3,6,11-13H2,(H,22,24). The van der Waals surface area contributed by atoms with Crippen LogP contribution in [-0.2, 0) is 17.6 Å². The lowest BCUT2D eigenvalue weighted by Gasteiger charge is -2.05. The predicted octanol–water partition coefficient (Wildman–Crippen LogP) is 3.85. The van der Waals surface area contributed by atoms with Crippen molar-refractivity contribution in [3.05, 3.63) is 64.7 Å². The van der Waals surface area contributed by atoms with Gasteiger partial charge in [0.1, 0.15) is 0 Å². The maximum absolute atomic E-state index is 11.9. The Morgan fingerprint density at radius 3 is 2.68 bits per heavy atom. The summed E-state index contributed by atoms with van der Waals surface area (Å²) in [4.78, 5) is 16.5. The minimum Gasteiger partial charge on any atom is -0.356 e. The SMILES string of the molecule is N#Cc1ccc(CCC(=O)NCCCc2nc3ccccc3s2)cc1. The van der Waals surface area contributed by atoms with Crippen molar-refractivity contribution < 1.29 is 4.79 Å². The quantitative estimate of drug-likeness (QED) is 0.659. The van der Waals surface area contributed by atoms with Gasteiger partial charge in [-0.1, -0.05) is 24.3 Å². The first kappa shape index (κ1) is 17.1. The van der Waals surface area contributed by atoms with Crippen LogP contribution in [0.15, 0.2) is 48.5 Å². The molecule has 1 N–H and O–H groups in total. The summed E-state index contributed by atoms with van der Waals surface area (Å²) in [6, 6.07) is 17.6. The highest BCUT2D eigenvalue weighted by molar-refractivity contribution is 7.18. The van der Waals surface area contributed by atoms with Gasteiger partial charge in [0.05, 0.1) is 26.9 Å². The number of aryl methyl sites for hydroxylation is 2. The molecule has 0 fully saturated rings. The lowest BCUT2D eigenvalue weighted by Crippen LogP contribution is -2.24. The van der Waals surface area contributed by atoms with E-state index >= 15 is 0 Å². The van der Waals surface area contributed by atoms with Crippen LogP contribution in [-0.4, -0.2) is 17.4 Å². The number of amides is 1. The Morgan fingerprint density at radius 1 is 1.12 bits per heavy atom. The van der Waals surface area contributed by atoms with Crippen LogP contribution in [0.3, 0.4) is 0 Å². The molecule has 0 radical (unpaired) electrons. The van der Waals surface area contributed by atoms with Crippen LogP contribution in [0.25, 0.3) is 10.2 Å². The highest BCUT2D eigenvalue weighted by atomic mass is 32.1. The summed E-state index contributed by atoms with van der Waals surface area (Å²) in [7, 11) is 0. The third-order valence-electron chi connectivity index (χ3n) is 3.95. The zero-order valence-corrected chi connectivity index (χ0v) is 14.7. The van der Waals surface area contributed by atoms with E-state index in [2.05, 4.69) is 22.4 Å². The summed E-state index contributed by atoms with van der Waals surface area (Å²) in [6.07, 6.45) is 2.93. The zero-order valence-electron chi connectivity index (χ0n) is 13.9. The number of fused-ring (bicyclic) bond motifs is 1. The monoisotopic (exact) mass is 349 g/mol. The predicted molar refractivity (Wildman–Crippen MR) is 100 cm³/mol. The molecule has 0 saturated heterocycles. The number of hydrogen-bond donors (Lipinski definition) is 1. The number of thiazole rings is 1. The second-order valence-corrected chi connectivity index (χ2v) is 6.95. The van der Waals surface area contributed by atoms with Crippen LogP contribution in [0.1, 0.15) is 29.0 Å². The number of nitrogens with zero attached hydrogens (tertiary/aromatic N) is 2. The van der Waals surface area contributed by atoms with Gasteiger partial charge in [0.15, 0.2) is 0 Å². The molecule has 0 atom stereocenters. The van der Waals surface area contributed by atoms with Gasteiger partial charge in [-0.05, 0) is 42.7 Å². The first-order valence-electron chi connectivity index (χ1n) is 8.35. The van der Waals surface area contributed by atoms with Gasteiger partial charge in [0.25, 0.3) is 0 Å². The maximum atomic E-state index is 11.9. The fourth-order valence-corrected chi connectivity index (χ4v) is 3.60. The number of carbonyl (C=O) groups excluding carboxylic acids is 1. The van der Waals surface area contributed by atoms with Crippen molar-refractivity contribution in [2.24, 2.45) is 0 Å². The van der Waals surface area contributed by atoms with Gasteiger partial charge in [-0.15, -0.1) is 11.3 Å². The molecule has 1 amide bonds. The Labute approximate surface area is 151 Å². The highest BCUT2D eigenvalue weighted by Gasteiger charge is 2.05. The Hall–Kier alpha value is -2.71. The van der Waals surface area contributed by atoms with E-state index in [1.165, 1.54) is 4.70 Å². The molecule has 0 saturated carbocycles. The number of nitrogens with one attached hydrogen (secondary N) is 1. The fourth-order valence-electron chi connectivity index (χ4n) is 2.59. The molecule has 3 rings (SSSR count). The van der Waals surface area contributed by atoms with Crippen LogP contribution in [0.5, 0.6) is 0 Å². The normalized spacial score (nSPS) is 10.5. The van der Waals surface area contributed by atoms with Gasteiger partial charge in [0, 0.05) is 19.4 Å². The molecule has 3 aromatic rings. The summed E-state index contributed by atoms with van der Waals surface area (Å²) >= 11 is 1.72. The van der Waals surface area contributed by atoms with E-state index in [0.717, 1.165) is 28.9 Å². The second-order valence-electron chi connectivity index (χ2n) is 5.84. The molecule has 0 bridgehead atoms. The zero-order chi connectivity index (χ0) is 17.5. The summed E-state index contributed by atoms with van der Waals surface area (Å²) in [6.45, 7) is 0.669. The molecular formula is C20H19N3OS. The average molecular weight is 349 g/mol. The molecule has 4 nitrogen and oxygen atoms in total. The van der Waals surface area contributed by atoms with E-state index < -0.39 is 0 Å². The van der Waals surface area contributed by atoms with Crippen LogP contribution in [0.2, 0.25) is 0 Å². The first-order valence-corrected chi connectivity index (χ1v) is 9.16. The lowest BCUT2D eigenvalue weighted by molar-refractivity contribution is -0.121. The Kier molecular flexibility index (Phi) is 5.76. The summed E-state index contributed by atoms with van der Waals surface area (Å²) in [5.41, 5.74) is 2.76. The van der Waals surface area contributed by atoms with Gasteiger partial charge >= 0.3 is 0 Å². The van der Waals surface area contributed by atoms with E-state index in [9.17, 15) is 4.79 Å². The molecule has 2 aromatic carbocycles. The second kappa shape index (κ2) is 8.41. The Morgan fingerprint density at radius 2 is 1.92 bits per heavy atom. The van der Waals surface area contributed by atoms with Crippen molar-refractivity contribution >= 4 is 27.5 Å². The smallest absolute Gasteiger partial charge is 0.220 e. The third kappa shape index (κ3) is 4.88. The summed E-state index contributed by atoms with van der Waals surface area (Å²) < 4.78 is 1.21. The van der Waals surface area contributed by atoms with Gasteiger partial charge in [0.2, 0.25) is 5.91 Å². The van der Waals surface area contributed by atoms with E-state index in [1.807, 2.05) is 30.3 Å². The van der Waals surface area contributed by atoms with Crippen molar-refractivity contribution in [3.8, 4) is 6.07 Å². The minimum absolute atomic E-state index is 0.0636. The summed E-state index contributed by atoms with van der Waals surface area (Å²) in [5, 5.41) is 12.9. The van der Waals surface area contributed by atoms with Crippen LogP contribution in [0, 0.1) is 11.3 Å². The minimum atomic E-state index is 0.0636. The van der Waals surface area contributed by atoms with Crippen molar-refractivity contribution in [2.75, 3.05) is 6.54 Å². The average Bonchev–Trinajstić information content (AvgIpc) is 3.07. The Balaban J connectivity index is 1.36. The molecule has 0 spiro atoms. The number of nitriles is 1. The highest BCUT2D eigenvalue weighted by Crippen LogP contribution is 2.22. The molecular weight excluding hydrogens is 330 g/mol. The lowest BCUT2D eigenvalue weighted by atomic mass is 10.1. The number of rotatable bonds is 7. The van der Waals surface area contributed by atoms with Gasteiger partial charge in [-0.25, -0.2) is 4.98 Å². The fraction of sp³-hybridized carbons (Fsp3) is 0.250. The summed E-state index contributed by atoms with van der Waals surface area (Å²) in [5.74, 6) is 0.0636. The number of hydrogen-bond acceptors (Lipinski definition) is 4. The Bertz CT molecular complexity index is 860. The van der Waals surface area contributed by atoms with Gasteiger partial charge in [-0.2, -0.15) is 5.26 Å². The van der Waals surface area contributed by atoms with Crippen molar-refractivity contribution in [1.29, 1.82) is 5.26 Å². The molecule has 25 heavy (non-hydrogen) atoms. The molecule has 0 aliphatic heterocycles. The molecule has 126 valence electrons. The molecule has 1 heterocycles. The maximum Gasteiger partial charge on any atom is 0.220 e. The molecule has 1 aromatic heterocycles. The molecule has 5 heteroatoms. The first-order chi connectivity index (χ1) is 12.2. The number of carbonyl (C=O) groups is 1. The van der Waals surface area contributed by atoms with E-state index in [-0.39, 0.29) is 5.91 Å². The van der Waals surface area contributed by atoms with Gasteiger partial charge in [-0.3, -0.25) is 4.79 Å². The van der Waals surface area contributed by atoms with Crippen molar-refractivity contribution in [1.82, 2.24) is 10.3 Å². The van der Waals surface area contributed by atoms with Crippen molar-refractivity contribution in [2.45, 2.75) is 25.7 Å². The van der Waals surface area contributed by atoms with E-state index in [4.69, 9.17) is 5.26 Å². The van der Waals surface area contributed by atoms with Crippen LogP contribution < -0.4 is 5.32 Å². The van der Waals surface area contributed by atoms with E-state index in [0.29, 0.717) is 24.9 Å². The molecule has 0 aliphatic carbocycles. The third-order valence-corrected chi connectivity index (χ3v) is 5.05. The van der Waals surface area contributed by atoms with Gasteiger partial charge < -0.3 is 5.32 Å². The van der Waals surface area contributed by atoms with Crippen LogP contribution >= 0.6 is 11.3 Å². The van der Waals surface area contributed by atoms with Crippen LogP contribution in [0.4, 0.5) is 0 Å². The molecule has 0 unspecified atom stereocenters. The largest absolute Gasteiger partial charge is 0.356 e. The number of aromatic nitrogens is 1. The van der Waals surface area contributed by atoms with Crippen molar-refractivity contribution in [3.63, 3.8) is 0 Å².